The molecule has 0 aliphatic carbocycles. The van der Waals surface area contributed by atoms with Crippen molar-refractivity contribution in [1.29, 1.82) is 0 Å². The number of nitrogens with one attached hydrogen (secondary N) is 1. The molecule has 0 spiro atoms. The molecule has 0 saturated carbocycles. The van der Waals surface area contributed by atoms with Crippen LogP contribution in [0.3, 0.4) is 0 Å². The van der Waals surface area contributed by atoms with Crippen LogP contribution in [-0.4, -0.2) is 45.0 Å². The smallest absolute Gasteiger partial charge is 0.162 e. The highest BCUT2D eigenvalue weighted by atomic mass is 32.1. The maximum atomic E-state index is 10.0. The summed E-state index contributed by atoms with van der Waals surface area (Å²) in [6, 6.07) is 15.0. The normalized spacial score (nSPS) is 14.1. The fourth-order valence-electron chi connectivity index (χ4n) is 2.60. The molecule has 23 heavy (non-hydrogen) atoms. The second-order valence-electron chi connectivity index (χ2n) is 6.05. The van der Waals surface area contributed by atoms with Gasteiger partial charge in [0.1, 0.15) is 19.2 Å². The van der Waals surface area contributed by atoms with Crippen LogP contribution in [0.15, 0.2) is 47.8 Å². The lowest BCUT2D eigenvalue weighted by atomic mass is 10.1. The Bertz CT molecular complexity index is 531. The standard InChI is InChI=1S/C18H26N2O2S/c1-20(2)18(15-7-4-3-5-8-15)12-19-11-16(21)13-22-14-17-9-6-10-23-17/h3-10,16,18-19,21H,11-14H2,1-2H3/p+2/t16-,18-/m0/s1. The minimum atomic E-state index is -0.427. The van der Waals surface area contributed by atoms with Crippen molar-refractivity contribution >= 4 is 11.3 Å². The largest absolute Gasteiger partial charge is 0.385 e. The van der Waals surface area contributed by atoms with Gasteiger partial charge in [0.05, 0.1) is 27.3 Å². The van der Waals surface area contributed by atoms with E-state index in [-0.39, 0.29) is 0 Å². The van der Waals surface area contributed by atoms with Crippen LogP contribution >= 0.6 is 11.3 Å². The first-order valence-corrected chi connectivity index (χ1v) is 8.99. The van der Waals surface area contributed by atoms with Gasteiger partial charge in [0.25, 0.3) is 0 Å². The summed E-state index contributed by atoms with van der Waals surface area (Å²) in [5.41, 5.74) is 1.34. The molecule has 0 aliphatic rings. The van der Waals surface area contributed by atoms with Gasteiger partial charge in [-0.2, -0.15) is 0 Å². The number of nitrogens with two attached hydrogens (primary N) is 1. The third-order valence-electron chi connectivity index (χ3n) is 3.87. The number of aliphatic hydroxyl groups excluding tert-OH is 1. The summed E-state index contributed by atoms with van der Waals surface area (Å²) in [4.78, 5) is 2.59. The third-order valence-corrected chi connectivity index (χ3v) is 4.72. The molecule has 1 aromatic carbocycles. The van der Waals surface area contributed by atoms with E-state index in [0.29, 0.717) is 25.8 Å². The first-order valence-electron chi connectivity index (χ1n) is 8.11. The number of ether oxygens (including phenoxy) is 1. The minimum absolute atomic E-state index is 0.388. The summed E-state index contributed by atoms with van der Waals surface area (Å²) in [6.45, 7) is 2.60. The van der Waals surface area contributed by atoms with E-state index in [1.807, 2.05) is 23.6 Å². The Hall–Kier alpha value is -1.24. The molecule has 0 radical (unpaired) electrons. The van der Waals surface area contributed by atoms with E-state index in [1.165, 1.54) is 15.3 Å². The fourth-order valence-corrected chi connectivity index (χ4v) is 3.24. The molecule has 5 heteroatoms. The monoisotopic (exact) mass is 336 g/mol. The van der Waals surface area contributed by atoms with Crippen LogP contribution in [0, 0.1) is 0 Å². The predicted molar refractivity (Wildman–Crippen MR) is 93.6 cm³/mol. The topological polar surface area (TPSA) is 50.5 Å². The van der Waals surface area contributed by atoms with Crippen LogP contribution < -0.4 is 10.2 Å². The highest BCUT2D eigenvalue weighted by Crippen LogP contribution is 2.09. The lowest BCUT2D eigenvalue weighted by Crippen LogP contribution is -3.09. The zero-order chi connectivity index (χ0) is 16.5. The van der Waals surface area contributed by atoms with E-state index >= 15 is 0 Å². The van der Waals surface area contributed by atoms with Crippen molar-refractivity contribution in [2.75, 3.05) is 33.8 Å². The van der Waals surface area contributed by atoms with Crippen molar-refractivity contribution in [3.05, 3.63) is 58.3 Å². The van der Waals surface area contributed by atoms with Crippen LogP contribution in [0.25, 0.3) is 0 Å². The maximum absolute atomic E-state index is 10.0. The third kappa shape index (κ3) is 6.41. The van der Waals surface area contributed by atoms with Crippen molar-refractivity contribution < 1.29 is 20.1 Å². The molecule has 0 unspecified atom stereocenters. The van der Waals surface area contributed by atoms with Crippen LogP contribution in [0.1, 0.15) is 16.5 Å². The second-order valence-corrected chi connectivity index (χ2v) is 7.08. The molecule has 0 amide bonds. The molecule has 2 rings (SSSR count). The molecule has 2 aromatic rings. The van der Waals surface area contributed by atoms with Crippen molar-refractivity contribution in [2.45, 2.75) is 18.8 Å². The molecule has 0 saturated heterocycles. The molecular weight excluding hydrogens is 308 g/mol. The number of hydrogen-bond acceptors (Lipinski definition) is 3. The first-order chi connectivity index (χ1) is 11.2. The van der Waals surface area contributed by atoms with E-state index in [4.69, 9.17) is 4.74 Å². The lowest BCUT2D eigenvalue weighted by Gasteiger charge is -2.21. The number of hydrogen-bond donors (Lipinski definition) is 3. The van der Waals surface area contributed by atoms with E-state index in [2.05, 4.69) is 43.7 Å². The Labute approximate surface area is 142 Å². The van der Waals surface area contributed by atoms with Gasteiger partial charge in [0.2, 0.25) is 0 Å². The highest BCUT2D eigenvalue weighted by molar-refractivity contribution is 7.09. The molecule has 0 aliphatic heterocycles. The summed E-state index contributed by atoms with van der Waals surface area (Å²) in [5.74, 6) is 0. The Morgan fingerprint density at radius 3 is 2.57 bits per heavy atom. The van der Waals surface area contributed by atoms with Crippen LogP contribution in [-0.2, 0) is 11.3 Å². The number of benzene rings is 1. The van der Waals surface area contributed by atoms with Gasteiger partial charge in [-0.3, -0.25) is 0 Å². The van der Waals surface area contributed by atoms with Gasteiger partial charge in [0, 0.05) is 10.4 Å². The number of aliphatic hydroxyl groups is 1. The van der Waals surface area contributed by atoms with Crippen molar-refractivity contribution in [2.24, 2.45) is 0 Å². The van der Waals surface area contributed by atoms with Gasteiger partial charge in [0.15, 0.2) is 6.04 Å². The minimum Gasteiger partial charge on any atom is -0.385 e. The predicted octanol–water partition coefficient (Wildman–Crippen LogP) is 0.0748. The summed E-state index contributed by atoms with van der Waals surface area (Å²) >= 11 is 1.68. The van der Waals surface area contributed by atoms with Crippen molar-refractivity contribution in [1.82, 2.24) is 0 Å². The number of thiophene rings is 1. The summed E-state index contributed by atoms with van der Waals surface area (Å²) in [5, 5.41) is 14.3. The quantitative estimate of drug-likeness (QED) is 0.575. The maximum Gasteiger partial charge on any atom is 0.162 e. The highest BCUT2D eigenvalue weighted by Gasteiger charge is 2.20. The zero-order valence-corrected chi connectivity index (χ0v) is 14.8. The van der Waals surface area contributed by atoms with Gasteiger partial charge >= 0.3 is 0 Å². The molecule has 2 atom stereocenters. The van der Waals surface area contributed by atoms with Crippen LogP contribution in [0.5, 0.6) is 0 Å². The molecule has 1 heterocycles. The van der Waals surface area contributed by atoms with E-state index in [0.717, 1.165) is 6.54 Å². The molecule has 4 N–H and O–H groups in total. The van der Waals surface area contributed by atoms with Gasteiger partial charge < -0.3 is 20.1 Å². The average molecular weight is 337 g/mol. The summed E-state index contributed by atoms with van der Waals surface area (Å²) < 4.78 is 5.56. The molecule has 0 bridgehead atoms. The molecule has 0 fully saturated rings. The van der Waals surface area contributed by atoms with Gasteiger partial charge in [-0.15, -0.1) is 11.3 Å². The Balaban J connectivity index is 1.67. The fraction of sp³-hybridized carbons (Fsp3) is 0.444. The number of quaternary nitrogens is 2. The first kappa shape index (κ1) is 18.1. The van der Waals surface area contributed by atoms with Crippen LogP contribution in [0.4, 0.5) is 0 Å². The van der Waals surface area contributed by atoms with E-state index < -0.39 is 6.10 Å². The average Bonchev–Trinajstić information content (AvgIpc) is 3.05. The van der Waals surface area contributed by atoms with Gasteiger partial charge in [-0.05, 0) is 11.4 Å². The summed E-state index contributed by atoms with van der Waals surface area (Å²) in [7, 11) is 4.35. The van der Waals surface area contributed by atoms with Gasteiger partial charge in [-0.25, -0.2) is 0 Å². The van der Waals surface area contributed by atoms with E-state index in [9.17, 15) is 5.11 Å². The van der Waals surface area contributed by atoms with Gasteiger partial charge in [-0.1, -0.05) is 36.4 Å². The number of likely N-dealkylation sites (N-methyl/N-ethyl adjacent to an activating group) is 1. The Kier molecular flexibility index (Phi) is 7.71. The second kappa shape index (κ2) is 9.80. The molecule has 4 nitrogen and oxygen atoms in total. The molecular formula is C18H28N2O2S+2. The number of rotatable bonds is 10. The Morgan fingerprint density at radius 1 is 1.13 bits per heavy atom. The zero-order valence-electron chi connectivity index (χ0n) is 13.9. The van der Waals surface area contributed by atoms with E-state index in [1.54, 1.807) is 11.3 Å². The lowest BCUT2D eigenvalue weighted by molar-refractivity contribution is -0.909. The molecule has 126 valence electrons. The van der Waals surface area contributed by atoms with Crippen LogP contribution in [0.2, 0.25) is 0 Å². The van der Waals surface area contributed by atoms with Crippen molar-refractivity contribution in [3.8, 4) is 0 Å². The van der Waals surface area contributed by atoms with Crippen molar-refractivity contribution in [3.63, 3.8) is 0 Å². The summed E-state index contributed by atoms with van der Waals surface area (Å²) in [6.07, 6.45) is -0.427. The molecule has 1 aromatic heterocycles. The SMILES string of the molecule is C[NH+](C)[C@@H](C[NH2+]C[C@H](O)COCc1cccs1)c1ccccc1. The Morgan fingerprint density at radius 2 is 1.91 bits per heavy atom.